The van der Waals surface area contributed by atoms with E-state index in [1.807, 2.05) is 0 Å². The molecule has 0 aliphatic carbocycles. The number of benzene rings is 1. The highest BCUT2D eigenvalue weighted by atomic mass is 19.4. The van der Waals surface area contributed by atoms with Gasteiger partial charge in [-0.15, -0.1) is 0 Å². The minimum atomic E-state index is -4.62. The molecule has 12 heteroatoms. The van der Waals surface area contributed by atoms with Crippen molar-refractivity contribution in [2.45, 2.75) is 12.7 Å². The van der Waals surface area contributed by atoms with E-state index in [2.05, 4.69) is 20.2 Å². The van der Waals surface area contributed by atoms with Crippen LogP contribution in [-0.2, 0) is 17.5 Å². The van der Waals surface area contributed by atoms with Crippen molar-refractivity contribution in [1.82, 2.24) is 24.9 Å². The van der Waals surface area contributed by atoms with Gasteiger partial charge < -0.3 is 14.2 Å². The second-order valence-electron chi connectivity index (χ2n) is 7.58. The van der Waals surface area contributed by atoms with E-state index in [9.17, 15) is 17.6 Å². The lowest BCUT2D eigenvalue weighted by Crippen LogP contribution is -2.38. The van der Waals surface area contributed by atoms with Crippen LogP contribution in [0.1, 0.15) is 11.1 Å². The molecule has 1 fully saturated rings. The molecule has 1 aliphatic rings. The van der Waals surface area contributed by atoms with Crippen LogP contribution in [0.5, 0.6) is 0 Å². The Hall–Kier alpha value is -3.80. The Morgan fingerprint density at radius 3 is 2.53 bits per heavy atom. The molecule has 0 amide bonds. The fourth-order valence-corrected chi connectivity index (χ4v) is 3.70. The van der Waals surface area contributed by atoms with Gasteiger partial charge in [-0.3, -0.25) is 4.68 Å². The Bertz CT molecular complexity index is 1280. The molecule has 0 spiro atoms. The van der Waals surface area contributed by atoms with E-state index in [0.29, 0.717) is 30.2 Å². The fraction of sp³-hybridized carbons (Fsp3) is 0.273. The Balaban J connectivity index is 1.59. The molecular weight excluding hydrogens is 456 g/mol. The first kappa shape index (κ1) is 22.0. The molecule has 5 rings (SSSR count). The molecule has 3 aromatic heterocycles. The van der Waals surface area contributed by atoms with Gasteiger partial charge >= 0.3 is 6.18 Å². The first-order chi connectivity index (χ1) is 16.4. The van der Waals surface area contributed by atoms with Gasteiger partial charge in [-0.25, -0.2) is 14.4 Å². The summed E-state index contributed by atoms with van der Waals surface area (Å²) in [5, 5.41) is 8.38. The average Bonchev–Trinajstić information content (AvgIpc) is 3.50. The Morgan fingerprint density at radius 1 is 1.03 bits per heavy atom. The Labute approximate surface area is 190 Å². The number of nitrogens with zero attached hydrogens (tertiary/aromatic N) is 6. The van der Waals surface area contributed by atoms with Crippen LogP contribution in [0.25, 0.3) is 22.9 Å². The maximum Gasteiger partial charge on any atom is 0.421 e. The van der Waals surface area contributed by atoms with E-state index in [1.54, 1.807) is 30.3 Å². The number of morpholine rings is 1. The van der Waals surface area contributed by atoms with Crippen molar-refractivity contribution < 1.29 is 26.8 Å². The maximum atomic E-state index is 14.3. The number of aromatic nitrogens is 5. The number of alkyl halides is 3. The molecule has 1 aliphatic heterocycles. The molecule has 4 aromatic rings. The highest BCUT2D eigenvalue weighted by Crippen LogP contribution is 2.36. The highest BCUT2D eigenvalue weighted by Gasteiger charge is 2.37. The van der Waals surface area contributed by atoms with Crippen molar-refractivity contribution >= 4 is 5.82 Å². The number of hydrogen-bond donors (Lipinski definition) is 0. The molecule has 0 saturated carbocycles. The van der Waals surface area contributed by atoms with Crippen molar-refractivity contribution in [2.24, 2.45) is 0 Å². The molecule has 34 heavy (non-hydrogen) atoms. The third-order valence-corrected chi connectivity index (χ3v) is 5.37. The molecule has 0 radical (unpaired) electrons. The van der Waals surface area contributed by atoms with Gasteiger partial charge in [0.25, 0.3) is 0 Å². The van der Waals surface area contributed by atoms with Crippen LogP contribution in [0.15, 0.2) is 53.4 Å². The molecule has 0 atom stereocenters. The van der Waals surface area contributed by atoms with E-state index in [1.165, 1.54) is 21.9 Å². The minimum absolute atomic E-state index is 0.00604. The third-order valence-electron chi connectivity index (χ3n) is 5.37. The van der Waals surface area contributed by atoms with E-state index < -0.39 is 17.6 Å². The van der Waals surface area contributed by atoms with Crippen molar-refractivity contribution in [3.63, 3.8) is 0 Å². The van der Waals surface area contributed by atoms with Crippen LogP contribution in [0.3, 0.4) is 0 Å². The molecular formula is C22H18F4N6O2. The summed E-state index contributed by atoms with van der Waals surface area (Å²) in [5.41, 5.74) is 0.571. The Morgan fingerprint density at radius 2 is 1.82 bits per heavy atom. The van der Waals surface area contributed by atoms with E-state index >= 15 is 0 Å². The zero-order valence-electron chi connectivity index (χ0n) is 17.7. The maximum absolute atomic E-state index is 14.3. The summed E-state index contributed by atoms with van der Waals surface area (Å²) in [5.74, 6) is -0.634. The summed E-state index contributed by atoms with van der Waals surface area (Å²) in [4.78, 5) is 9.71. The molecule has 176 valence electrons. The number of rotatable bonds is 5. The zero-order chi connectivity index (χ0) is 23.7. The number of hydrogen-bond acceptors (Lipinski definition) is 7. The summed E-state index contributed by atoms with van der Waals surface area (Å²) < 4.78 is 66.9. The second-order valence-corrected chi connectivity index (χ2v) is 7.58. The molecule has 1 aromatic carbocycles. The lowest BCUT2D eigenvalue weighted by atomic mass is 10.2. The van der Waals surface area contributed by atoms with Crippen LogP contribution >= 0.6 is 0 Å². The first-order valence-electron chi connectivity index (χ1n) is 10.4. The van der Waals surface area contributed by atoms with E-state index in [0.717, 1.165) is 6.20 Å². The number of ether oxygens (including phenoxy) is 1. The number of halogens is 4. The van der Waals surface area contributed by atoms with Crippen LogP contribution in [0, 0.1) is 5.82 Å². The van der Waals surface area contributed by atoms with Crippen molar-refractivity contribution in [1.29, 1.82) is 0 Å². The lowest BCUT2D eigenvalue weighted by Gasteiger charge is -2.29. The van der Waals surface area contributed by atoms with Gasteiger partial charge in [-0.05, 0) is 12.1 Å². The Kier molecular flexibility index (Phi) is 5.74. The summed E-state index contributed by atoms with van der Waals surface area (Å²) in [7, 11) is 0. The predicted molar refractivity (Wildman–Crippen MR) is 112 cm³/mol. The molecule has 1 saturated heterocycles. The topological polar surface area (TPSA) is 82.1 Å². The summed E-state index contributed by atoms with van der Waals surface area (Å²) >= 11 is 0. The monoisotopic (exact) mass is 474 g/mol. The van der Waals surface area contributed by atoms with E-state index in [4.69, 9.17) is 9.26 Å². The lowest BCUT2D eigenvalue weighted by molar-refractivity contribution is -0.137. The van der Waals surface area contributed by atoms with Crippen LogP contribution in [0.2, 0.25) is 0 Å². The van der Waals surface area contributed by atoms with Gasteiger partial charge in [0.05, 0.1) is 25.5 Å². The standard InChI is InChI=1S/C22H18F4N6O2/c23-16-4-2-1-3-14(16)13-32-19(17-5-8-34-30-17)11-18(29-32)20-27-12-15(22(24,25)26)21(28-20)31-6-9-33-10-7-31/h1-5,8,11-12H,6-7,9-10,13H2. The predicted octanol–water partition coefficient (Wildman–Crippen LogP) is 4.04. The molecule has 4 heterocycles. The SMILES string of the molecule is Fc1ccccc1Cn1nc(-c2ncc(C(F)(F)F)c(N3CCOCC3)n2)cc1-c1ccon1. The minimum Gasteiger partial charge on any atom is -0.378 e. The van der Waals surface area contributed by atoms with Crippen molar-refractivity contribution in [2.75, 3.05) is 31.2 Å². The normalized spacial score (nSPS) is 14.5. The van der Waals surface area contributed by atoms with Gasteiger partial charge in [-0.1, -0.05) is 23.4 Å². The van der Waals surface area contributed by atoms with Gasteiger partial charge in [0, 0.05) is 30.9 Å². The van der Waals surface area contributed by atoms with E-state index in [-0.39, 0.29) is 37.0 Å². The average molecular weight is 474 g/mol. The zero-order valence-corrected chi connectivity index (χ0v) is 17.7. The highest BCUT2D eigenvalue weighted by molar-refractivity contribution is 5.64. The fourth-order valence-electron chi connectivity index (χ4n) is 3.70. The molecule has 0 N–H and O–H groups in total. The quantitative estimate of drug-likeness (QED) is 0.404. The van der Waals surface area contributed by atoms with Gasteiger partial charge in [0.15, 0.2) is 5.82 Å². The third kappa shape index (κ3) is 4.36. The van der Waals surface area contributed by atoms with Gasteiger partial charge in [0.1, 0.15) is 34.8 Å². The van der Waals surface area contributed by atoms with Crippen LogP contribution < -0.4 is 4.90 Å². The van der Waals surface area contributed by atoms with Crippen molar-refractivity contribution in [3.05, 3.63) is 65.8 Å². The van der Waals surface area contributed by atoms with Crippen molar-refractivity contribution in [3.8, 4) is 22.9 Å². The van der Waals surface area contributed by atoms with Crippen LogP contribution in [0.4, 0.5) is 23.4 Å². The largest absolute Gasteiger partial charge is 0.421 e. The smallest absolute Gasteiger partial charge is 0.378 e. The van der Waals surface area contributed by atoms with Gasteiger partial charge in [0.2, 0.25) is 0 Å². The van der Waals surface area contributed by atoms with Crippen LogP contribution in [-0.4, -0.2) is 51.2 Å². The molecule has 0 bridgehead atoms. The second kappa shape index (κ2) is 8.86. The molecule has 0 unspecified atom stereocenters. The van der Waals surface area contributed by atoms with Gasteiger partial charge in [-0.2, -0.15) is 18.3 Å². The number of anilines is 1. The first-order valence-corrected chi connectivity index (χ1v) is 10.4. The summed E-state index contributed by atoms with van der Waals surface area (Å²) in [6.07, 6.45) is -2.48. The molecule has 8 nitrogen and oxygen atoms in total. The summed E-state index contributed by atoms with van der Waals surface area (Å²) in [6, 6.07) is 9.43. The summed E-state index contributed by atoms with van der Waals surface area (Å²) in [6.45, 7) is 1.19.